The van der Waals surface area contributed by atoms with E-state index >= 15 is 0 Å². The Balaban J connectivity index is 1.98. The maximum atomic E-state index is 13.2. The molecule has 26 heavy (non-hydrogen) atoms. The van der Waals surface area contributed by atoms with Crippen LogP contribution in [-0.2, 0) is 12.0 Å². The molecule has 0 saturated carbocycles. The zero-order chi connectivity index (χ0) is 19.3. The van der Waals surface area contributed by atoms with Crippen LogP contribution in [0.25, 0.3) is 0 Å². The van der Waals surface area contributed by atoms with Gasteiger partial charge in [0.25, 0.3) is 0 Å². The minimum absolute atomic E-state index is 0.0920. The summed E-state index contributed by atoms with van der Waals surface area (Å²) in [7, 11) is 1.58. The molecule has 0 fully saturated rings. The SMILES string of the molecule is CN=C(NCc1nccn1C(F)F)NCC(C)(C)c1ccc(F)cc1Cl. The number of nitrogens with one attached hydrogen (secondary N) is 2. The third-order valence-electron chi connectivity index (χ3n) is 3.95. The van der Waals surface area contributed by atoms with Gasteiger partial charge in [-0.1, -0.05) is 31.5 Å². The van der Waals surface area contributed by atoms with Gasteiger partial charge in [0.05, 0.1) is 6.54 Å². The average Bonchev–Trinajstić information content (AvgIpc) is 3.03. The summed E-state index contributed by atoms with van der Waals surface area (Å²) in [6, 6.07) is 4.28. The number of imidazole rings is 1. The van der Waals surface area contributed by atoms with Crippen LogP contribution in [0.4, 0.5) is 13.2 Å². The second kappa shape index (κ2) is 8.44. The van der Waals surface area contributed by atoms with Crippen LogP contribution in [0.1, 0.15) is 31.8 Å². The molecule has 2 aromatic rings. The second-order valence-electron chi connectivity index (χ2n) is 6.32. The lowest BCUT2D eigenvalue weighted by molar-refractivity contribution is 0.0668. The van der Waals surface area contributed by atoms with Gasteiger partial charge in [-0.15, -0.1) is 0 Å². The van der Waals surface area contributed by atoms with Crippen molar-refractivity contribution in [3.8, 4) is 0 Å². The summed E-state index contributed by atoms with van der Waals surface area (Å²) < 4.78 is 39.7. The molecule has 5 nitrogen and oxygen atoms in total. The smallest absolute Gasteiger partial charge is 0.319 e. The van der Waals surface area contributed by atoms with Crippen LogP contribution in [0.5, 0.6) is 0 Å². The highest BCUT2D eigenvalue weighted by Gasteiger charge is 2.24. The summed E-state index contributed by atoms with van der Waals surface area (Å²) in [6.45, 7) is 1.80. The Morgan fingerprint density at radius 3 is 2.69 bits per heavy atom. The van der Waals surface area contributed by atoms with Crippen LogP contribution >= 0.6 is 11.6 Å². The molecule has 0 aliphatic heterocycles. The Labute approximate surface area is 155 Å². The number of nitrogens with zero attached hydrogens (tertiary/aromatic N) is 3. The van der Waals surface area contributed by atoms with E-state index in [-0.39, 0.29) is 12.4 Å². The van der Waals surface area contributed by atoms with Crippen LogP contribution in [-0.4, -0.2) is 29.1 Å². The van der Waals surface area contributed by atoms with Crippen molar-refractivity contribution in [1.29, 1.82) is 0 Å². The number of rotatable bonds is 6. The summed E-state index contributed by atoms with van der Waals surface area (Å²) in [5, 5.41) is 6.41. The molecule has 0 saturated heterocycles. The van der Waals surface area contributed by atoms with E-state index in [1.807, 2.05) is 13.8 Å². The monoisotopic (exact) mass is 387 g/mol. The predicted molar refractivity (Wildman–Crippen MR) is 96.1 cm³/mol. The van der Waals surface area contributed by atoms with Gasteiger partial charge in [-0.2, -0.15) is 8.78 Å². The van der Waals surface area contributed by atoms with Crippen molar-refractivity contribution in [2.45, 2.75) is 32.4 Å². The minimum Gasteiger partial charge on any atom is -0.356 e. The third kappa shape index (κ3) is 4.91. The number of aromatic nitrogens is 2. The molecule has 0 spiro atoms. The number of hydrogen-bond acceptors (Lipinski definition) is 2. The third-order valence-corrected chi connectivity index (χ3v) is 4.27. The van der Waals surface area contributed by atoms with E-state index in [4.69, 9.17) is 11.6 Å². The topological polar surface area (TPSA) is 54.2 Å². The van der Waals surface area contributed by atoms with E-state index in [0.29, 0.717) is 17.5 Å². The van der Waals surface area contributed by atoms with Crippen LogP contribution in [0.3, 0.4) is 0 Å². The Kier molecular flexibility index (Phi) is 6.52. The highest BCUT2D eigenvalue weighted by atomic mass is 35.5. The molecule has 2 N–H and O–H groups in total. The van der Waals surface area contributed by atoms with Gasteiger partial charge in [0.2, 0.25) is 0 Å². The molecule has 0 unspecified atom stereocenters. The molecule has 9 heteroatoms. The van der Waals surface area contributed by atoms with Crippen molar-refractivity contribution < 1.29 is 13.2 Å². The largest absolute Gasteiger partial charge is 0.356 e. The molecule has 2 rings (SSSR count). The van der Waals surface area contributed by atoms with Gasteiger partial charge in [-0.25, -0.2) is 9.37 Å². The number of guanidine groups is 1. The lowest BCUT2D eigenvalue weighted by Gasteiger charge is -2.27. The second-order valence-corrected chi connectivity index (χ2v) is 6.72. The molecule has 142 valence electrons. The fourth-order valence-corrected chi connectivity index (χ4v) is 2.90. The number of halogens is 4. The van der Waals surface area contributed by atoms with Crippen molar-refractivity contribution >= 4 is 17.6 Å². The average molecular weight is 388 g/mol. The Bertz CT molecular complexity index is 774. The van der Waals surface area contributed by atoms with E-state index < -0.39 is 17.8 Å². The summed E-state index contributed by atoms with van der Waals surface area (Å²) >= 11 is 6.14. The first-order valence-corrected chi connectivity index (χ1v) is 8.32. The van der Waals surface area contributed by atoms with Crippen LogP contribution < -0.4 is 10.6 Å². The van der Waals surface area contributed by atoms with Gasteiger partial charge in [0.1, 0.15) is 11.6 Å². The van der Waals surface area contributed by atoms with Gasteiger partial charge in [-0.05, 0) is 17.7 Å². The lowest BCUT2D eigenvalue weighted by atomic mass is 9.84. The first-order valence-electron chi connectivity index (χ1n) is 7.94. The maximum absolute atomic E-state index is 13.2. The van der Waals surface area contributed by atoms with E-state index in [0.717, 1.165) is 10.1 Å². The van der Waals surface area contributed by atoms with E-state index in [1.54, 1.807) is 13.1 Å². The minimum atomic E-state index is -2.65. The Hall–Kier alpha value is -2.22. The molecular formula is C17H21ClF3N5. The normalized spacial score (nSPS) is 12.5. The van der Waals surface area contributed by atoms with Gasteiger partial charge in [0, 0.05) is 36.4 Å². The van der Waals surface area contributed by atoms with Crippen molar-refractivity contribution in [3.63, 3.8) is 0 Å². The van der Waals surface area contributed by atoms with Gasteiger partial charge in [-0.3, -0.25) is 9.56 Å². The molecule has 1 aromatic carbocycles. The number of alkyl halides is 2. The first kappa shape index (κ1) is 20.1. The highest BCUT2D eigenvalue weighted by molar-refractivity contribution is 6.31. The Morgan fingerprint density at radius 1 is 1.35 bits per heavy atom. The fraction of sp³-hybridized carbons (Fsp3) is 0.412. The zero-order valence-corrected chi connectivity index (χ0v) is 15.5. The lowest BCUT2D eigenvalue weighted by Crippen LogP contribution is -2.43. The van der Waals surface area contributed by atoms with Crippen LogP contribution in [0, 0.1) is 5.82 Å². The number of hydrogen-bond donors (Lipinski definition) is 2. The molecule has 1 aromatic heterocycles. The fourth-order valence-electron chi connectivity index (χ4n) is 2.48. The van der Waals surface area contributed by atoms with Crippen molar-refractivity contribution in [3.05, 3.63) is 52.8 Å². The van der Waals surface area contributed by atoms with Crippen molar-refractivity contribution in [1.82, 2.24) is 20.2 Å². The summed E-state index contributed by atoms with van der Waals surface area (Å²) in [5.74, 6) is 0.235. The summed E-state index contributed by atoms with van der Waals surface area (Å²) in [5.41, 5.74) is 0.376. The standard InChI is InChI=1S/C17H21ClF3N5/c1-17(2,12-5-4-11(19)8-13(12)18)10-25-16(22-3)24-9-14-23-6-7-26(14)15(20)21/h4-8,15H,9-10H2,1-3H3,(H2,22,24,25). The van der Waals surface area contributed by atoms with Crippen LogP contribution in [0.2, 0.25) is 5.02 Å². The van der Waals surface area contributed by atoms with Gasteiger partial charge in [0.15, 0.2) is 5.96 Å². The maximum Gasteiger partial charge on any atom is 0.319 e. The molecule has 0 aliphatic rings. The molecular weight excluding hydrogens is 367 g/mol. The Morgan fingerprint density at radius 2 is 2.08 bits per heavy atom. The molecule has 1 heterocycles. The molecule has 0 amide bonds. The zero-order valence-electron chi connectivity index (χ0n) is 14.7. The quantitative estimate of drug-likeness (QED) is 0.587. The van der Waals surface area contributed by atoms with E-state index in [9.17, 15) is 13.2 Å². The van der Waals surface area contributed by atoms with Crippen LogP contribution in [0.15, 0.2) is 35.6 Å². The highest BCUT2D eigenvalue weighted by Crippen LogP contribution is 2.29. The predicted octanol–water partition coefficient (Wildman–Crippen LogP) is 3.71. The van der Waals surface area contributed by atoms with E-state index in [1.165, 1.54) is 24.5 Å². The van der Waals surface area contributed by atoms with Gasteiger partial charge < -0.3 is 10.6 Å². The number of aliphatic imine (C=N–C) groups is 1. The van der Waals surface area contributed by atoms with E-state index in [2.05, 4.69) is 20.6 Å². The first-order chi connectivity index (χ1) is 12.2. The molecule has 0 bridgehead atoms. The molecule has 0 aliphatic carbocycles. The molecule has 0 radical (unpaired) electrons. The van der Waals surface area contributed by atoms with Crippen molar-refractivity contribution in [2.75, 3.05) is 13.6 Å². The van der Waals surface area contributed by atoms with Crippen molar-refractivity contribution in [2.24, 2.45) is 4.99 Å². The molecule has 0 atom stereocenters. The van der Waals surface area contributed by atoms with Gasteiger partial charge >= 0.3 is 6.55 Å². The number of benzene rings is 1. The summed E-state index contributed by atoms with van der Waals surface area (Å²) in [4.78, 5) is 7.98. The summed E-state index contributed by atoms with van der Waals surface area (Å²) in [6.07, 6.45) is 2.54.